The fourth-order valence-electron chi connectivity index (χ4n) is 1.97. The van der Waals surface area contributed by atoms with Crippen LogP contribution in [0.1, 0.15) is 34.8 Å². The van der Waals surface area contributed by atoms with Crippen LogP contribution in [0.2, 0.25) is 0 Å². The molecule has 21 heavy (non-hydrogen) atoms. The van der Waals surface area contributed by atoms with Gasteiger partial charge in [0.15, 0.2) is 0 Å². The number of benzene rings is 1. The molecule has 0 spiro atoms. The lowest BCUT2D eigenvalue weighted by Gasteiger charge is -2.19. The average Bonchev–Trinajstić information content (AvgIpc) is 2.39. The van der Waals surface area contributed by atoms with Crippen LogP contribution in [0.4, 0.5) is 0 Å². The van der Waals surface area contributed by atoms with Crippen LogP contribution < -0.4 is 5.32 Å². The summed E-state index contributed by atoms with van der Waals surface area (Å²) in [7, 11) is -3.22. The Morgan fingerprint density at radius 2 is 1.86 bits per heavy atom. The molecule has 1 aromatic rings. The average molecular weight is 312 g/mol. The molecule has 0 aliphatic rings. The molecule has 1 rings (SSSR count). The number of carbonyl (C=O) groups is 1. The Morgan fingerprint density at radius 1 is 1.19 bits per heavy atom. The van der Waals surface area contributed by atoms with E-state index in [2.05, 4.69) is 5.32 Å². The lowest BCUT2D eigenvalue weighted by Crippen LogP contribution is -2.38. The molecule has 0 aliphatic carbocycles. The van der Waals surface area contributed by atoms with Gasteiger partial charge in [0.1, 0.15) is 0 Å². The van der Waals surface area contributed by atoms with Crippen molar-refractivity contribution in [2.75, 3.05) is 25.9 Å². The molecular weight excluding hydrogens is 288 g/mol. The highest BCUT2D eigenvalue weighted by molar-refractivity contribution is 7.88. The van der Waals surface area contributed by atoms with E-state index in [9.17, 15) is 13.2 Å². The summed E-state index contributed by atoms with van der Waals surface area (Å²) in [6, 6.07) is 5.52. The highest BCUT2D eigenvalue weighted by Crippen LogP contribution is 2.09. The minimum absolute atomic E-state index is 0.178. The summed E-state index contributed by atoms with van der Waals surface area (Å²) in [6.07, 6.45) is 1.94. The molecular formula is C15H24N2O3S. The van der Waals surface area contributed by atoms with Crippen LogP contribution in [0.3, 0.4) is 0 Å². The van der Waals surface area contributed by atoms with Crippen LogP contribution in [-0.2, 0) is 10.0 Å². The zero-order valence-electron chi connectivity index (χ0n) is 13.1. The van der Waals surface area contributed by atoms with Crippen molar-refractivity contribution in [3.63, 3.8) is 0 Å². The van der Waals surface area contributed by atoms with Crippen molar-refractivity contribution in [1.82, 2.24) is 9.62 Å². The number of carbonyl (C=O) groups excluding carboxylic acids is 1. The summed E-state index contributed by atoms with van der Waals surface area (Å²) < 4.78 is 24.5. The van der Waals surface area contributed by atoms with Gasteiger partial charge < -0.3 is 5.32 Å². The molecule has 0 radical (unpaired) electrons. The van der Waals surface area contributed by atoms with Crippen LogP contribution in [0, 0.1) is 13.8 Å². The maximum Gasteiger partial charge on any atom is 0.251 e. The molecule has 0 aliphatic heterocycles. The van der Waals surface area contributed by atoms with Crippen LogP contribution in [0.5, 0.6) is 0 Å². The summed E-state index contributed by atoms with van der Waals surface area (Å²) >= 11 is 0. The molecule has 0 heterocycles. The predicted molar refractivity (Wildman–Crippen MR) is 85.0 cm³/mol. The molecule has 0 saturated heterocycles. The first-order valence-electron chi connectivity index (χ1n) is 7.06. The first-order valence-corrected chi connectivity index (χ1v) is 8.91. The normalized spacial score (nSPS) is 11.7. The van der Waals surface area contributed by atoms with Gasteiger partial charge in [0.05, 0.1) is 6.26 Å². The van der Waals surface area contributed by atoms with E-state index in [1.54, 1.807) is 6.07 Å². The van der Waals surface area contributed by atoms with Gasteiger partial charge in [-0.15, -0.1) is 0 Å². The molecule has 6 heteroatoms. The Balaban J connectivity index is 2.58. The van der Waals surface area contributed by atoms with Crippen LogP contribution in [0.15, 0.2) is 18.2 Å². The van der Waals surface area contributed by atoms with Gasteiger partial charge >= 0.3 is 0 Å². The summed E-state index contributed by atoms with van der Waals surface area (Å²) in [6.45, 7) is 6.94. The van der Waals surface area contributed by atoms with E-state index in [0.717, 1.165) is 17.5 Å². The fourth-order valence-corrected chi connectivity index (χ4v) is 2.91. The number of hydrogen-bond acceptors (Lipinski definition) is 3. The molecule has 0 bridgehead atoms. The monoisotopic (exact) mass is 312 g/mol. The molecule has 1 amide bonds. The van der Waals surface area contributed by atoms with E-state index in [0.29, 0.717) is 25.2 Å². The third-order valence-corrected chi connectivity index (χ3v) is 4.66. The molecule has 0 fully saturated rings. The van der Waals surface area contributed by atoms with Crippen molar-refractivity contribution >= 4 is 15.9 Å². The van der Waals surface area contributed by atoms with E-state index in [4.69, 9.17) is 0 Å². The zero-order valence-corrected chi connectivity index (χ0v) is 14.0. The number of sulfonamides is 1. The molecule has 1 N–H and O–H groups in total. The number of hydrogen-bond donors (Lipinski definition) is 1. The van der Waals surface area contributed by atoms with E-state index < -0.39 is 10.0 Å². The lowest BCUT2D eigenvalue weighted by atomic mass is 10.1. The fraction of sp³-hybridized carbons (Fsp3) is 0.533. The maximum absolute atomic E-state index is 12.0. The van der Waals surface area contributed by atoms with Gasteiger partial charge in [-0.25, -0.2) is 12.7 Å². The highest BCUT2D eigenvalue weighted by Gasteiger charge is 2.15. The lowest BCUT2D eigenvalue weighted by molar-refractivity contribution is 0.0951. The first kappa shape index (κ1) is 17.7. The van der Waals surface area contributed by atoms with Crippen molar-refractivity contribution in [2.45, 2.75) is 27.2 Å². The van der Waals surface area contributed by atoms with Crippen molar-refractivity contribution in [1.29, 1.82) is 0 Å². The minimum Gasteiger partial charge on any atom is -0.351 e. The Morgan fingerprint density at radius 3 is 2.38 bits per heavy atom. The van der Waals surface area contributed by atoms with E-state index in [1.807, 2.05) is 32.9 Å². The largest absolute Gasteiger partial charge is 0.351 e. The third-order valence-electron chi connectivity index (χ3n) is 3.36. The Labute approximate surface area is 127 Å². The van der Waals surface area contributed by atoms with Crippen molar-refractivity contribution in [3.05, 3.63) is 34.9 Å². The third kappa shape index (κ3) is 5.47. The summed E-state index contributed by atoms with van der Waals surface area (Å²) in [5.41, 5.74) is 2.80. The molecule has 1 aromatic carbocycles. The van der Waals surface area contributed by atoms with Crippen molar-refractivity contribution < 1.29 is 13.2 Å². The standard InChI is InChI=1S/C15H24N2O3S/c1-5-9-17(21(4,19)20)10-8-16-15(18)14-7-6-12(2)13(3)11-14/h6-7,11H,5,8-10H2,1-4H3,(H,16,18). The molecule has 0 atom stereocenters. The smallest absolute Gasteiger partial charge is 0.251 e. The summed E-state index contributed by atoms with van der Waals surface area (Å²) in [5, 5.41) is 2.76. The Bertz CT molecular complexity index is 597. The summed E-state index contributed by atoms with van der Waals surface area (Å²) in [5.74, 6) is -0.178. The predicted octanol–water partition coefficient (Wildman–Crippen LogP) is 1.70. The maximum atomic E-state index is 12.0. The number of aryl methyl sites for hydroxylation is 2. The highest BCUT2D eigenvalue weighted by atomic mass is 32.2. The van der Waals surface area contributed by atoms with Crippen LogP contribution in [0.25, 0.3) is 0 Å². The van der Waals surface area contributed by atoms with Gasteiger partial charge in [0, 0.05) is 25.2 Å². The zero-order chi connectivity index (χ0) is 16.0. The number of rotatable bonds is 7. The summed E-state index contributed by atoms with van der Waals surface area (Å²) in [4.78, 5) is 12.0. The minimum atomic E-state index is -3.22. The van der Waals surface area contributed by atoms with Crippen LogP contribution in [-0.4, -0.2) is 44.5 Å². The van der Waals surface area contributed by atoms with E-state index >= 15 is 0 Å². The topological polar surface area (TPSA) is 66.5 Å². The quantitative estimate of drug-likeness (QED) is 0.833. The first-order chi connectivity index (χ1) is 9.75. The molecule has 5 nitrogen and oxygen atoms in total. The molecule has 0 aromatic heterocycles. The van der Waals surface area contributed by atoms with Gasteiger partial charge in [-0.1, -0.05) is 13.0 Å². The van der Waals surface area contributed by atoms with E-state index in [-0.39, 0.29) is 5.91 Å². The second-order valence-electron chi connectivity index (χ2n) is 5.22. The number of amides is 1. The second-order valence-corrected chi connectivity index (χ2v) is 7.20. The number of nitrogens with zero attached hydrogens (tertiary/aromatic N) is 1. The van der Waals surface area contributed by atoms with E-state index in [1.165, 1.54) is 10.6 Å². The molecule has 0 unspecified atom stereocenters. The van der Waals surface area contributed by atoms with Crippen molar-refractivity contribution in [3.8, 4) is 0 Å². The number of nitrogens with one attached hydrogen (secondary N) is 1. The van der Waals surface area contributed by atoms with Crippen molar-refractivity contribution in [2.24, 2.45) is 0 Å². The molecule has 118 valence electrons. The Hall–Kier alpha value is -1.40. The van der Waals surface area contributed by atoms with Gasteiger partial charge in [-0.3, -0.25) is 4.79 Å². The Kier molecular flexibility index (Phi) is 6.36. The molecule has 0 saturated carbocycles. The van der Waals surface area contributed by atoms with Crippen LogP contribution >= 0.6 is 0 Å². The van der Waals surface area contributed by atoms with Gasteiger partial charge in [0.25, 0.3) is 5.91 Å². The van der Waals surface area contributed by atoms with Gasteiger partial charge in [-0.2, -0.15) is 0 Å². The van der Waals surface area contributed by atoms with Gasteiger partial charge in [0.2, 0.25) is 10.0 Å². The van der Waals surface area contributed by atoms with Gasteiger partial charge in [-0.05, 0) is 43.5 Å². The SMILES string of the molecule is CCCN(CCNC(=O)c1ccc(C)c(C)c1)S(C)(=O)=O. The second kappa shape index (κ2) is 7.56.